The second-order valence-electron chi connectivity index (χ2n) is 3.68. The maximum Gasteiger partial charge on any atom is -0.0149 e. The first-order chi connectivity index (χ1) is 7.20. The first-order valence-corrected chi connectivity index (χ1v) is 5.65. The number of fused-ring (bicyclic) bond motifs is 1. The van der Waals surface area contributed by atoms with Gasteiger partial charge in [0.15, 0.2) is 0 Å². The summed E-state index contributed by atoms with van der Waals surface area (Å²) in [5.41, 5.74) is 4.16. The minimum absolute atomic E-state index is 0. The average molecular weight is 216 g/mol. The monoisotopic (exact) mass is 216 g/mol. The van der Waals surface area contributed by atoms with Crippen molar-refractivity contribution >= 4 is 10.8 Å². The zero-order chi connectivity index (χ0) is 11.4. The topological polar surface area (TPSA) is 0 Å². The summed E-state index contributed by atoms with van der Waals surface area (Å²) in [7, 11) is 0. The molecule has 0 atom stereocenters. The molecule has 0 heterocycles. The molecule has 0 spiro atoms. The molecule has 0 bridgehead atoms. The Balaban J connectivity index is 0.000000711. The minimum atomic E-state index is 0. The zero-order valence-corrected chi connectivity index (χ0v) is 10.4. The summed E-state index contributed by atoms with van der Waals surface area (Å²) in [6.45, 7) is 10.5. The van der Waals surface area contributed by atoms with Crippen molar-refractivity contribution < 1.29 is 0 Å². The van der Waals surface area contributed by atoms with E-state index in [-0.39, 0.29) is 7.43 Å². The van der Waals surface area contributed by atoms with Gasteiger partial charge in [0.05, 0.1) is 0 Å². The first kappa shape index (κ1) is 14.7. The van der Waals surface area contributed by atoms with Gasteiger partial charge < -0.3 is 0 Å². The number of hydrogen-bond acceptors (Lipinski definition) is 0. The van der Waals surface area contributed by atoms with E-state index in [1.807, 2.05) is 13.8 Å². The number of benzene rings is 2. The van der Waals surface area contributed by atoms with Gasteiger partial charge in [-0.25, -0.2) is 0 Å². The molecule has 0 N–H and O–H groups in total. The lowest BCUT2D eigenvalue weighted by molar-refractivity contribution is 1.34. The van der Waals surface area contributed by atoms with E-state index in [9.17, 15) is 0 Å². The minimum Gasteiger partial charge on any atom is -0.0776 e. The average Bonchev–Trinajstić information content (AvgIpc) is 2.29. The molecule has 0 unspecified atom stereocenters. The first-order valence-electron chi connectivity index (χ1n) is 5.65. The van der Waals surface area contributed by atoms with Crippen LogP contribution in [0, 0.1) is 20.8 Å². The van der Waals surface area contributed by atoms with Crippen molar-refractivity contribution in [1.29, 1.82) is 0 Å². The van der Waals surface area contributed by atoms with Crippen molar-refractivity contribution in [2.75, 3.05) is 0 Å². The highest BCUT2D eigenvalue weighted by atomic mass is 14.1. The molecule has 0 nitrogen and oxygen atoms in total. The second kappa shape index (κ2) is 6.32. The van der Waals surface area contributed by atoms with Gasteiger partial charge >= 0.3 is 0 Å². The molecule has 16 heavy (non-hydrogen) atoms. The van der Waals surface area contributed by atoms with Gasteiger partial charge in [0.1, 0.15) is 0 Å². The number of hydrogen-bond donors (Lipinski definition) is 0. The molecule has 0 radical (unpaired) electrons. The van der Waals surface area contributed by atoms with Crippen LogP contribution >= 0.6 is 0 Å². The van der Waals surface area contributed by atoms with Gasteiger partial charge in [0.2, 0.25) is 0 Å². The Hall–Kier alpha value is -1.30. The molecule has 0 aliphatic carbocycles. The Labute approximate surface area is 100 Å². The Bertz CT molecular complexity index is 453. The molecule has 88 valence electrons. The van der Waals surface area contributed by atoms with Crippen LogP contribution in [0.15, 0.2) is 30.3 Å². The van der Waals surface area contributed by atoms with Gasteiger partial charge in [-0.15, -0.1) is 0 Å². The smallest absolute Gasteiger partial charge is 0.0149 e. The lowest BCUT2D eigenvalue weighted by Gasteiger charge is -2.08. The van der Waals surface area contributed by atoms with Crippen LogP contribution in [-0.2, 0) is 0 Å². The highest BCUT2D eigenvalue weighted by Crippen LogP contribution is 2.24. The maximum atomic E-state index is 2.26. The van der Waals surface area contributed by atoms with E-state index in [4.69, 9.17) is 0 Å². The summed E-state index contributed by atoms with van der Waals surface area (Å²) < 4.78 is 0. The van der Waals surface area contributed by atoms with Gasteiger partial charge in [-0.1, -0.05) is 51.6 Å². The molecule has 2 aromatic rings. The van der Waals surface area contributed by atoms with Gasteiger partial charge in [0, 0.05) is 0 Å². The lowest BCUT2D eigenvalue weighted by atomic mass is 9.97. The van der Waals surface area contributed by atoms with Gasteiger partial charge in [-0.3, -0.25) is 0 Å². The fourth-order valence-corrected chi connectivity index (χ4v) is 1.88. The molecule has 0 aliphatic rings. The van der Waals surface area contributed by atoms with Crippen molar-refractivity contribution in [1.82, 2.24) is 0 Å². The molecule has 0 fully saturated rings. The van der Waals surface area contributed by atoms with E-state index >= 15 is 0 Å². The molecule has 0 heteroatoms. The fourth-order valence-electron chi connectivity index (χ4n) is 1.88. The molecular formula is C16H24. The summed E-state index contributed by atoms with van der Waals surface area (Å²) in [4.78, 5) is 0. The third-order valence-corrected chi connectivity index (χ3v) is 2.78. The van der Waals surface area contributed by atoms with Crippen LogP contribution < -0.4 is 0 Å². The third kappa shape index (κ3) is 2.63. The van der Waals surface area contributed by atoms with Gasteiger partial charge in [-0.05, 0) is 48.2 Å². The molecule has 2 aromatic carbocycles. The molecule has 0 saturated carbocycles. The van der Waals surface area contributed by atoms with Crippen LogP contribution in [0.3, 0.4) is 0 Å². The summed E-state index contributed by atoms with van der Waals surface area (Å²) >= 11 is 0. The van der Waals surface area contributed by atoms with Gasteiger partial charge in [0.25, 0.3) is 0 Å². The predicted molar refractivity (Wildman–Crippen MR) is 76.2 cm³/mol. The molecule has 0 saturated heterocycles. The highest BCUT2D eigenvalue weighted by Gasteiger charge is 2.01. The van der Waals surface area contributed by atoms with Crippen LogP contribution in [0.5, 0.6) is 0 Å². The van der Waals surface area contributed by atoms with E-state index in [0.29, 0.717) is 0 Å². The molecule has 0 amide bonds. The molecule has 2 rings (SSSR count). The van der Waals surface area contributed by atoms with Crippen LogP contribution in [0.25, 0.3) is 10.8 Å². The Morgan fingerprint density at radius 2 is 1.25 bits per heavy atom. The summed E-state index contributed by atoms with van der Waals surface area (Å²) in [6, 6.07) is 10.9. The van der Waals surface area contributed by atoms with Gasteiger partial charge in [-0.2, -0.15) is 0 Å². The van der Waals surface area contributed by atoms with E-state index in [0.717, 1.165) is 0 Å². The van der Waals surface area contributed by atoms with Crippen LogP contribution in [-0.4, -0.2) is 0 Å². The van der Waals surface area contributed by atoms with E-state index in [1.54, 1.807) is 0 Å². The van der Waals surface area contributed by atoms with E-state index < -0.39 is 0 Å². The quantitative estimate of drug-likeness (QED) is 0.551. The molecule has 0 aliphatic heterocycles. The van der Waals surface area contributed by atoms with E-state index in [1.165, 1.54) is 27.5 Å². The Morgan fingerprint density at radius 1 is 0.750 bits per heavy atom. The SMILES string of the molecule is C.CC.Cc1cc(C)c2ccccc2c1C. The summed E-state index contributed by atoms with van der Waals surface area (Å²) in [5.74, 6) is 0. The predicted octanol–water partition coefficient (Wildman–Crippen LogP) is 5.43. The summed E-state index contributed by atoms with van der Waals surface area (Å²) in [5, 5.41) is 2.77. The van der Waals surface area contributed by atoms with Crippen molar-refractivity contribution in [3.8, 4) is 0 Å². The van der Waals surface area contributed by atoms with Crippen LogP contribution in [0.2, 0.25) is 0 Å². The summed E-state index contributed by atoms with van der Waals surface area (Å²) in [6.07, 6.45) is 0. The highest BCUT2D eigenvalue weighted by molar-refractivity contribution is 5.89. The zero-order valence-electron chi connectivity index (χ0n) is 10.4. The standard InChI is InChI=1S/C13H14.C2H6.CH4/c1-9-8-10(2)12-6-4-5-7-13(12)11(9)3;1-2;/h4-8H,1-3H3;1-2H3;1H4. The Kier molecular flexibility index (Phi) is 5.81. The normalized spacial score (nSPS) is 9.06. The van der Waals surface area contributed by atoms with Crippen molar-refractivity contribution in [2.45, 2.75) is 42.0 Å². The lowest BCUT2D eigenvalue weighted by Crippen LogP contribution is -1.86. The second-order valence-corrected chi connectivity index (χ2v) is 3.68. The largest absolute Gasteiger partial charge is 0.0776 e. The third-order valence-electron chi connectivity index (χ3n) is 2.78. The van der Waals surface area contributed by atoms with Crippen molar-refractivity contribution in [2.24, 2.45) is 0 Å². The van der Waals surface area contributed by atoms with Crippen molar-refractivity contribution in [3.63, 3.8) is 0 Å². The molecular weight excluding hydrogens is 192 g/mol. The molecule has 0 aromatic heterocycles. The fraction of sp³-hybridized carbons (Fsp3) is 0.375. The maximum absolute atomic E-state index is 2.26. The number of aryl methyl sites for hydroxylation is 3. The van der Waals surface area contributed by atoms with Crippen LogP contribution in [0.4, 0.5) is 0 Å². The van der Waals surface area contributed by atoms with Crippen molar-refractivity contribution in [3.05, 3.63) is 47.0 Å². The Morgan fingerprint density at radius 3 is 1.81 bits per heavy atom. The number of rotatable bonds is 0. The van der Waals surface area contributed by atoms with Crippen LogP contribution in [0.1, 0.15) is 38.0 Å². The van der Waals surface area contributed by atoms with E-state index in [2.05, 4.69) is 51.1 Å².